The molecule has 7 heteroatoms. The third-order valence-corrected chi connectivity index (χ3v) is 4.61. The summed E-state index contributed by atoms with van der Waals surface area (Å²) in [5, 5.41) is 0. The summed E-state index contributed by atoms with van der Waals surface area (Å²) in [5.74, 6) is 0. The molecule has 0 aromatic heterocycles. The van der Waals surface area contributed by atoms with Gasteiger partial charge in [0, 0.05) is 19.3 Å². The number of likely N-dealkylation sites (N-methyl/N-ethyl adjacent to an activating group) is 1. The number of rotatable bonds is 4. The molecule has 142 valence electrons. The van der Waals surface area contributed by atoms with Gasteiger partial charge in [-0.05, 0) is 23.6 Å². The minimum absolute atomic E-state index is 0.203. The second-order valence-corrected chi connectivity index (χ2v) is 6.36. The molecule has 0 saturated carbocycles. The van der Waals surface area contributed by atoms with Gasteiger partial charge >= 0.3 is 12.1 Å². The highest BCUT2D eigenvalue weighted by Gasteiger charge is 2.32. The van der Waals surface area contributed by atoms with Gasteiger partial charge in [-0.3, -0.25) is 9.74 Å². The molecule has 0 saturated heterocycles. The predicted molar refractivity (Wildman–Crippen MR) is 101 cm³/mol. The first-order valence-electron chi connectivity index (χ1n) is 8.72. The first-order valence-corrected chi connectivity index (χ1v) is 8.72. The first-order chi connectivity index (χ1) is 13.1. The summed E-state index contributed by atoms with van der Waals surface area (Å²) in [6.45, 7) is 0.560. The molecule has 0 unspecified atom stereocenters. The maximum Gasteiger partial charge on any atom is 0.410 e. The van der Waals surface area contributed by atoms with E-state index in [0.717, 1.165) is 16.8 Å². The second kappa shape index (κ2) is 8.55. The molecule has 0 aliphatic carbocycles. The van der Waals surface area contributed by atoms with E-state index in [1.54, 1.807) is 16.8 Å². The molecule has 0 bridgehead atoms. The fraction of sp³-hybridized carbons (Fsp3) is 0.300. The summed E-state index contributed by atoms with van der Waals surface area (Å²) in [7, 11) is 3.08. The van der Waals surface area contributed by atoms with Crippen molar-refractivity contribution >= 4 is 17.8 Å². The third kappa shape index (κ3) is 4.38. The fourth-order valence-corrected chi connectivity index (χ4v) is 3.14. The number of nitrogens with zero attached hydrogens (tertiary/aromatic N) is 2. The zero-order chi connectivity index (χ0) is 19.2. The average Bonchev–Trinajstić information content (AvgIpc) is 2.71. The molecule has 0 radical (unpaired) electrons. The number of anilines is 1. The van der Waals surface area contributed by atoms with Crippen LogP contribution in [0.1, 0.15) is 11.1 Å². The Labute approximate surface area is 158 Å². The highest BCUT2D eigenvalue weighted by molar-refractivity contribution is 5.93. The zero-order valence-electron chi connectivity index (χ0n) is 15.4. The zero-order valence-corrected chi connectivity index (χ0v) is 15.4. The molecule has 3 rings (SSSR count). The topological polar surface area (TPSA) is 71.1 Å². The minimum Gasteiger partial charge on any atom is -0.445 e. The van der Waals surface area contributed by atoms with Crippen LogP contribution < -0.4 is 10.4 Å². The Hall–Kier alpha value is -3.06. The Morgan fingerprint density at radius 1 is 1.15 bits per heavy atom. The van der Waals surface area contributed by atoms with E-state index in [4.69, 9.17) is 9.57 Å². The summed E-state index contributed by atoms with van der Waals surface area (Å²) in [6, 6.07) is 16.6. The molecule has 1 atom stereocenters. The molecule has 0 spiro atoms. The number of hydrogen-bond acceptors (Lipinski definition) is 4. The van der Waals surface area contributed by atoms with Crippen molar-refractivity contribution < 1.29 is 19.2 Å². The smallest absolute Gasteiger partial charge is 0.410 e. The van der Waals surface area contributed by atoms with Crippen LogP contribution in [-0.2, 0) is 22.6 Å². The number of hydroxylamine groups is 1. The quantitative estimate of drug-likeness (QED) is 0.841. The summed E-state index contributed by atoms with van der Waals surface area (Å²) in [4.78, 5) is 32.7. The van der Waals surface area contributed by atoms with Gasteiger partial charge in [0.25, 0.3) is 0 Å². The number of ether oxygens (including phenoxy) is 1. The van der Waals surface area contributed by atoms with Crippen LogP contribution in [0.25, 0.3) is 0 Å². The Balaban J connectivity index is 1.70. The minimum atomic E-state index is -0.421. The lowest BCUT2D eigenvalue weighted by Crippen LogP contribution is -2.53. The maximum absolute atomic E-state index is 12.5. The molecule has 7 nitrogen and oxygen atoms in total. The number of para-hydroxylation sites is 1. The number of urea groups is 1. The van der Waals surface area contributed by atoms with E-state index < -0.39 is 6.09 Å². The van der Waals surface area contributed by atoms with Crippen LogP contribution in [0.15, 0.2) is 54.6 Å². The monoisotopic (exact) mass is 369 g/mol. The third-order valence-electron chi connectivity index (χ3n) is 4.61. The van der Waals surface area contributed by atoms with Crippen molar-refractivity contribution in [3.05, 3.63) is 65.7 Å². The van der Waals surface area contributed by atoms with E-state index in [0.29, 0.717) is 13.0 Å². The summed E-state index contributed by atoms with van der Waals surface area (Å²) < 4.78 is 5.42. The average molecular weight is 369 g/mol. The van der Waals surface area contributed by atoms with E-state index in [1.165, 1.54) is 7.11 Å². The number of benzene rings is 2. The number of carbonyl (C=O) groups excluding carboxylic acids is 2. The predicted octanol–water partition coefficient (Wildman–Crippen LogP) is 2.96. The Bertz CT molecular complexity index is 797. The number of hydrogen-bond donors (Lipinski definition) is 1. The van der Waals surface area contributed by atoms with Crippen molar-refractivity contribution in [3.63, 3.8) is 0 Å². The van der Waals surface area contributed by atoms with Gasteiger partial charge in [-0.2, -0.15) is 0 Å². The molecule has 27 heavy (non-hydrogen) atoms. The van der Waals surface area contributed by atoms with Crippen molar-refractivity contribution in [3.8, 4) is 0 Å². The second-order valence-electron chi connectivity index (χ2n) is 6.36. The van der Waals surface area contributed by atoms with Crippen LogP contribution in [0.5, 0.6) is 0 Å². The SMILES string of the molecule is CONC(=O)N1C[C@H](N(C)C(=O)OCc2ccccc2)Cc2ccccc21. The number of nitrogens with one attached hydrogen (secondary N) is 1. The summed E-state index contributed by atoms with van der Waals surface area (Å²) >= 11 is 0. The summed E-state index contributed by atoms with van der Waals surface area (Å²) in [5.41, 5.74) is 5.07. The molecule has 1 N–H and O–H groups in total. The van der Waals surface area contributed by atoms with Crippen molar-refractivity contribution in [1.82, 2.24) is 10.4 Å². The van der Waals surface area contributed by atoms with Crippen LogP contribution in [0.3, 0.4) is 0 Å². The van der Waals surface area contributed by atoms with Gasteiger partial charge in [-0.25, -0.2) is 15.1 Å². The van der Waals surface area contributed by atoms with Gasteiger partial charge in [0.2, 0.25) is 0 Å². The molecular weight excluding hydrogens is 346 g/mol. The Morgan fingerprint density at radius 3 is 2.59 bits per heavy atom. The first kappa shape index (κ1) is 18.7. The molecule has 1 aliphatic rings. The lowest BCUT2D eigenvalue weighted by molar-refractivity contribution is 0.0892. The van der Waals surface area contributed by atoms with E-state index >= 15 is 0 Å². The molecule has 2 aromatic carbocycles. The van der Waals surface area contributed by atoms with Gasteiger partial charge in [-0.1, -0.05) is 48.5 Å². The van der Waals surface area contributed by atoms with Crippen LogP contribution in [0.4, 0.5) is 15.3 Å². The van der Waals surface area contributed by atoms with E-state index in [-0.39, 0.29) is 18.7 Å². The molecule has 2 aromatic rings. The molecule has 1 heterocycles. The molecule has 1 aliphatic heterocycles. The van der Waals surface area contributed by atoms with Gasteiger partial charge in [-0.15, -0.1) is 0 Å². The van der Waals surface area contributed by atoms with Gasteiger partial charge in [0.15, 0.2) is 0 Å². The highest BCUT2D eigenvalue weighted by Crippen LogP contribution is 2.28. The highest BCUT2D eigenvalue weighted by atomic mass is 16.6. The van der Waals surface area contributed by atoms with Crippen molar-refractivity contribution in [2.45, 2.75) is 19.1 Å². The van der Waals surface area contributed by atoms with E-state index in [2.05, 4.69) is 5.48 Å². The molecular formula is C20H23N3O4. The van der Waals surface area contributed by atoms with Gasteiger partial charge < -0.3 is 9.64 Å². The Morgan fingerprint density at radius 2 is 1.85 bits per heavy atom. The number of amides is 3. The summed E-state index contributed by atoms with van der Waals surface area (Å²) in [6.07, 6.45) is 0.222. The lowest BCUT2D eigenvalue weighted by atomic mass is 9.97. The molecule has 0 fully saturated rings. The van der Waals surface area contributed by atoms with E-state index in [1.807, 2.05) is 54.6 Å². The van der Waals surface area contributed by atoms with Crippen molar-refractivity contribution in [2.24, 2.45) is 0 Å². The van der Waals surface area contributed by atoms with Gasteiger partial charge in [0.1, 0.15) is 6.61 Å². The molecule has 3 amide bonds. The van der Waals surface area contributed by atoms with Crippen molar-refractivity contribution in [1.29, 1.82) is 0 Å². The van der Waals surface area contributed by atoms with Gasteiger partial charge in [0.05, 0.1) is 13.2 Å². The number of fused-ring (bicyclic) bond motifs is 1. The fourth-order valence-electron chi connectivity index (χ4n) is 3.14. The van der Waals surface area contributed by atoms with Crippen molar-refractivity contribution in [2.75, 3.05) is 25.6 Å². The standard InChI is InChI=1S/C20H23N3O4/c1-22(20(25)27-14-15-8-4-3-5-9-15)17-12-16-10-6-7-11-18(16)23(13-17)19(24)21-26-2/h3-11,17H,12-14H2,1-2H3,(H,21,24)/t17-/m1/s1. The van der Waals surface area contributed by atoms with Crippen LogP contribution in [0, 0.1) is 0 Å². The normalized spacial score (nSPS) is 15.6. The Kier molecular flexibility index (Phi) is 5.93. The van der Waals surface area contributed by atoms with Crippen LogP contribution >= 0.6 is 0 Å². The lowest BCUT2D eigenvalue weighted by Gasteiger charge is -2.38. The maximum atomic E-state index is 12.5. The van der Waals surface area contributed by atoms with E-state index in [9.17, 15) is 9.59 Å². The van der Waals surface area contributed by atoms with Crippen LogP contribution in [0.2, 0.25) is 0 Å². The van der Waals surface area contributed by atoms with Crippen LogP contribution in [-0.4, -0.2) is 43.8 Å². The number of carbonyl (C=O) groups is 2. The largest absolute Gasteiger partial charge is 0.445 e.